The van der Waals surface area contributed by atoms with Gasteiger partial charge in [0.2, 0.25) is 5.90 Å². The number of hydrogen-bond donors (Lipinski definition) is 1. The summed E-state index contributed by atoms with van der Waals surface area (Å²) in [7, 11) is 1.66. The first kappa shape index (κ1) is 10.4. The van der Waals surface area contributed by atoms with Crippen LogP contribution in [0.1, 0.15) is 10.9 Å². The van der Waals surface area contributed by atoms with Crippen LogP contribution in [0.2, 0.25) is 0 Å². The molecule has 1 aliphatic rings. The molecule has 0 saturated heterocycles. The van der Waals surface area contributed by atoms with E-state index in [-0.39, 0.29) is 6.04 Å². The highest BCUT2D eigenvalue weighted by Gasteiger charge is 2.25. The summed E-state index contributed by atoms with van der Waals surface area (Å²) in [5, 5.41) is 5.52. The number of thiophene rings is 1. The number of rotatable bonds is 1. The number of benzene rings is 1. The number of nitrogens with one attached hydrogen (secondary N) is 1. The molecule has 1 N–H and O–H groups in total. The van der Waals surface area contributed by atoms with E-state index in [4.69, 9.17) is 4.74 Å². The van der Waals surface area contributed by atoms with Crippen molar-refractivity contribution in [3.8, 4) is 0 Å². The molecule has 0 bridgehead atoms. The quantitative estimate of drug-likeness (QED) is 0.831. The molecule has 86 valence electrons. The van der Waals surface area contributed by atoms with E-state index in [0.717, 1.165) is 11.4 Å². The number of ether oxygens (including phenoxy) is 1. The lowest BCUT2D eigenvalue weighted by atomic mass is 10.1. The van der Waals surface area contributed by atoms with E-state index in [0.29, 0.717) is 5.90 Å². The Morgan fingerprint density at radius 2 is 2.12 bits per heavy atom. The van der Waals surface area contributed by atoms with E-state index in [9.17, 15) is 0 Å². The third-order valence-electron chi connectivity index (χ3n) is 2.72. The zero-order valence-electron chi connectivity index (χ0n) is 9.38. The van der Waals surface area contributed by atoms with Crippen LogP contribution in [0.15, 0.2) is 46.8 Å². The predicted octanol–water partition coefficient (Wildman–Crippen LogP) is 3.59. The molecule has 1 unspecified atom stereocenters. The maximum absolute atomic E-state index is 5.38. The fraction of sp³-hybridized carbons (Fsp3) is 0.154. The number of anilines is 1. The molecule has 0 fully saturated rings. The highest BCUT2D eigenvalue weighted by Crippen LogP contribution is 2.35. The largest absolute Gasteiger partial charge is 0.482 e. The van der Waals surface area contributed by atoms with E-state index >= 15 is 0 Å². The zero-order valence-corrected chi connectivity index (χ0v) is 10.2. The monoisotopic (exact) mass is 244 g/mol. The highest BCUT2D eigenvalue weighted by atomic mass is 32.1. The molecule has 17 heavy (non-hydrogen) atoms. The van der Waals surface area contributed by atoms with Crippen molar-refractivity contribution in [2.75, 3.05) is 12.4 Å². The Morgan fingerprint density at radius 3 is 2.88 bits per heavy atom. The minimum Gasteiger partial charge on any atom is -0.482 e. The molecule has 4 heteroatoms. The van der Waals surface area contributed by atoms with Crippen molar-refractivity contribution in [1.82, 2.24) is 0 Å². The number of fused-ring (bicyclic) bond motifs is 1. The van der Waals surface area contributed by atoms with Crippen molar-refractivity contribution in [3.05, 3.63) is 46.7 Å². The highest BCUT2D eigenvalue weighted by molar-refractivity contribution is 7.10. The molecule has 3 rings (SSSR count). The summed E-state index contributed by atoms with van der Waals surface area (Å²) in [5.41, 5.74) is 1.98. The fourth-order valence-electron chi connectivity index (χ4n) is 1.91. The van der Waals surface area contributed by atoms with Crippen LogP contribution in [-0.2, 0) is 4.74 Å². The van der Waals surface area contributed by atoms with Gasteiger partial charge in [0.15, 0.2) is 0 Å². The smallest absolute Gasteiger partial charge is 0.217 e. The predicted molar refractivity (Wildman–Crippen MR) is 71.2 cm³/mol. The fourth-order valence-corrected chi connectivity index (χ4v) is 2.67. The molecular weight excluding hydrogens is 232 g/mol. The van der Waals surface area contributed by atoms with Gasteiger partial charge in [-0.2, -0.15) is 0 Å². The van der Waals surface area contributed by atoms with Gasteiger partial charge in [-0.15, -0.1) is 11.3 Å². The van der Waals surface area contributed by atoms with Gasteiger partial charge in [-0.1, -0.05) is 18.2 Å². The zero-order chi connectivity index (χ0) is 11.7. The normalized spacial score (nSPS) is 17.9. The molecule has 1 aromatic carbocycles. The van der Waals surface area contributed by atoms with Gasteiger partial charge in [0, 0.05) is 4.88 Å². The third-order valence-corrected chi connectivity index (χ3v) is 3.66. The number of hydrogen-bond acceptors (Lipinski definition) is 4. The standard InChI is InChI=1S/C13H12N2OS/c1-16-13-12(11-7-4-8-17-11)14-9-5-2-3-6-10(9)15-13/h2-8,12,14H,1H3. The molecule has 0 saturated carbocycles. The van der Waals surface area contributed by atoms with Crippen LogP contribution in [0.5, 0.6) is 0 Å². The second-order valence-electron chi connectivity index (χ2n) is 3.76. The van der Waals surface area contributed by atoms with Crippen molar-refractivity contribution in [1.29, 1.82) is 0 Å². The first-order valence-corrected chi connectivity index (χ1v) is 6.28. The number of methoxy groups -OCH3 is 1. The van der Waals surface area contributed by atoms with Gasteiger partial charge < -0.3 is 10.1 Å². The van der Waals surface area contributed by atoms with Crippen molar-refractivity contribution >= 4 is 28.6 Å². The van der Waals surface area contributed by atoms with Crippen LogP contribution < -0.4 is 5.32 Å². The van der Waals surface area contributed by atoms with Crippen LogP contribution in [-0.4, -0.2) is 13.0 Å². The first-order chi connectivity index (χ1) is 8.38. The van der Waals surface area contributed by atoms with Gasteiger partial charge >= 0.3 is 0 Å². The summed E-state index contributed by atoms with van der Waals surface area (Å²) in [6.45, 7) is 0. The summed E-state index contributed by atoms with van der Waals surface area (Å²) >= 11 is 1.70. The van der Waals surface area contributed by atoms with Gasteiger partial charge in [0.25, 0.3) is 0 Å². The van der Waals surface area contributed by atoms with Crippen LogP contribution >= 0.6 is 11.3 Å². The maximum Gasteiger partial charge on any atom is 0.217 e. The minimum atomic E-state index is 0.0231. The van der Waals surface area contributed by atoms with Gasteiger partial charge in [0.1, 0.15) is 6.04 Å². The first-order valence-electron chi connectivity index (χ1n) is 5.40. The summed E-state index contributed by atoms with van der Waals surface area (Å²) in [4.78, 5) is 5.75. The molecule has 0 aliphatic carbocycles. The van der Waals surface area contributed by atoms with Gasteiger partial charge in [-0.3, -0.25) is 0 Å². The Bertz CT molecular complexity index is 548. The lowest BCUT2D eigenvalue weighted by Gasteiger charge is -2.24. The second kappa shape index (κ2) is 4.22. The number of aliphatic imine (C=N–C) groups is 1. The number of para-hydroxylation sites is 2. The van der Waals surface area contributed by atoms with Gasteiger partial charge in [0.05, 0.1) is 18.5 Å². The Morgan fingerprint density at radius 1 is 1.24 bits per heavy atom. The molecule has 0 radical (unpaired) electrons. The van der Waals surface area contributed by atoms with Crippen molar-refractivity contribution in [2.24, 2.45) is 4.99 Å². The Labute approximate surface area is 104 Å². The van der Waals surface area contributed by atoms with E-state index in [1.54, 1.807) is 18.4 Å². The maximum atomic E-state index is 5.38. The molecular formula is C13H12N2OS. The van der Waals surface area contributed by atoms with Crippen LogP contribution in [0.4, 0.5) is 11.4 Å². The van der Waals surface area contributed by atoms with Crippen molar-refractivity contribution < 1.29 is 4.74 Å². The molecule has 0 amide bonds. The van der Waals surface area contributed by atoms with E-state index in [1.807, 2.05) is 30.3 Å². The van der Waals surface area contributed by atoms with E-state index < -0.39 is 0 Å². The molecule has 1 aliphatic heterocycles. The van der Waals surface area contributed by atoms with E-state index in [1.165, 1.54) is 4.88 Å². The average Bonchev–Trinajstić information content (AvgIpc) is 2.91. The molecule has 1 aromatic heterocycles. The molecule has 0 spiro atoms. The summed E-state index contributed by atoms with van der Waals surface area (Å²) in [5.74, 6) is 0.714. The Balaban J connectivity index is 2.05. The van der Waals surface area contributed by atoms with Gasteiger partial charge in [-0.05, 0) is 23.6 Å². The average molecular weight is 244 g/mol. The lowest BCUT2D eigenvalue weighted by molar-refractivity contribution is 0.385. The van der Waals surface area contributed by atoms with Gasteiger partial charge in [-0.25, -0.2) is 4.99 Å². The van der Waals surface area contributed by atoms with Crippen molar-refractivity contribution in [2.45, 2.75) is 6.04 Å². The summed E-state index contributed by atoms with van der Waals surface area (Å²) in [6.07, 6.45) is 0. The summed E-state index contributed by atoms with van der Waals surface area (Å²) < 4.78 is 5.38. The molecule has 2 heterocycles. The molecule has 1 atom stereocenters. The lowest BCUT2D eigenvalue weighted by Crippen LogP contribution is -2.24. The van der Waals surface area contributed by atoms with Crippen LogP contribution in [0.3, 0.4) is 0 Å². The second-order valence-corrected chi connectivity index (χ2v) is 4.74. The Hall–Kier alpha value is -1.81. The minimum absolute atomic E-state index is 0.0231. The SMILES string of the molecule is COC1=Nc2ccccc2NC1c1cccs1. The van der Waals surface area contributed by atoms with E-state index in [2.05, 4.69) is 21.8 Å². The molecule has 2 aromatic rings. The van der Waals surface area contributed by atoms with Crippen molar-refractivity contribution in [3.63, 3.8) is 0 Å². The number of nitrogens with zero attached hydrogens (tertiary/aromatic N) is 1. The topological polar surface area (TPSA) is 33.6 Å². The summed E-state index contributed by atoms with van der Waals surface area (Å²) in [6, 6.07) is 12.1. The third kappa shape index (κ3) is 1.80. The van der Waals surface area contributed by atoms with Crippen LogP contribution in [0, 0.1) is 0 Å². The Kier molecular flexibility index (Phi) is 2.57. The van der Waals surface area contributed by atoms with Crippen LogP contribution in [0.25, 0.3) is 0 Å². The molecule has 3 nitrogen and oxygen atoms in total.